The first-order valence-electron chi connectivity index (χ1n) is 7.46. The SMILES string of the molecule is O=C(CS(=O)(=O)Cc1cccc(Br)c1)NCCN1CCOCC1. The fourth-order valence-electron chi connectivity index (χ4n) is 2.36. The number of benzene rings is 1. The zero-order valence-electron chi connectivity index (χ0n) is 12.8. The Labute approximate surface area is 145 Å². The lowest BCUT2D eigenvalue weighted by molar-refractivity contribution is -0.118. The summed E-state index contributed by atoms with van der Waals surface area (Å²) in [6.07, 6.45) is 0. The molecule has 0 spiro atoms. The van der Waals surface area contributed by atoms with E-state index in [0.29, 0.717) is 31.9 Å². The molecule has 0 atom stereocenters. The largest absolute Gasteiger partial charge is 0.379 e. The zero-order chi connectivity index (χ0) is 16.7. The Kier molecular flexibility index (Phi) is 7.01. The van der Waals surface area contributed by atoms with E-state index < -0.39 is 21.5 Å². The van der Waals surface area contributed by atoms with Crippen LogP contribution in [0.5, 0.6) is 0 Å². The lowest BCUT2D eigenvalue weighted by atomic mass is 10.2. The van der Waals surface area contributed by atoms with E-state index in [-0.39, 0.29) is 5.75 Å². The van der Waals surface area contributed by atoms with Crippen LogP contribution in [0, 0.1) is 0 Å². The molecule has 1 N–H and O–H groups in total. The molecule has 128 valence electrons. The molecule has 1 heterocycles. The molecule has 1 aliphatic heterocycles. The molecule has 1 aromatic rings. The molecule has 0 bridgehead atoms. The van der Waals surface area contributed by atoms with Crippen molar-refractivity contribution < 1.29 is 17.9 Å². The molecule has 6 nitrogen and oxygen atoms in total. The molecule has 1 fully saturated rings. The number of nitrogens with one attached hydrogen (secondary N) is 1. The average molecular weight is 405 g/mol. The third-order valence-corrected chi connectivity index (χ3v) is 5.45. The third kappa shape index (κ3) is 6.99. The molecule has 1 aliphatic rings. The molecule has 1 saturated heterocycles. The van der Waals surface area contributed by atoms with E-state index in [2.05, 4.69) is 26.1 Å². The summed E-state index contributed by atoms with van der Waals surface area (Å²) in [6.45, 7) is 4.25. The molecule has 0 radical (unpaired) electrons. The van der Waals surface area contributed by atoms with Crippen molar-refractivity contribution in [3.8, 4) is 0 Å². The Balaban J connectivity index is 1.74. The molecule has 0 saturated carbocycles. The van der Waals surface area contributed by atoms with Crippen LogP contribution in [0.3, 0.4) is 0 Å². The monoisotopic (exact) mass is 404 g/mol. The predicted molar refractivity (Wildman–Crippen MR) is 91.9 cm³/mol. The van der Waals surface area contributed by atoms with Crippen molar-refractivity contribution in [1.82, 2.24) is 10.2 Å². The number of amides is 1. The Hall–Kier alpha value is -0.960. The van der Waals surface area contributed by atoms with E-state index in [1.807, 2.05) is 6.07 Å². The fourth-order valence-corrected chi connectivity index (χ4v) is 4.10. The first kappa shape index (κ1) is 18.4. The Bertz CT molecular complexity index is 630. The van der Waals surface area contributed by atoms with Crippen LogP contribution in [-0.2, 0) is 25.1 Å². The maximum atomic E-state index is 12.1. The number of carbonyl (C=O) groups is 1. The Morgan fingerprint density at radius 3 is 2.74 bits per heavy atom. The van der Waals surface area contributed by atoms with E-state index in [9.17, 15) is 13.2 Å². The maximum Gasteiger partial charge on any atom is 0.235 e. The van der Waals surface area contributed by atoms with E-state index in [4.69, 9.17) is 4.74 Å². The van der Waals surface area contributed by atoms with Gasteiger partial charge in [0, 0.05) is 30.7 Å². The van der Waals surface area contributed by atoms with Gasteiger partial charge in [-0.25, -0.2) is 8.42 Å². The maximum absolute atomic E-state index is 12.1. The zero-order valence-corrected chi connectivity index (χ0v) is 15.2. The van der Waals surface area contributed by atoms with Gasteiger partial charge in [0.1, 0.15) is 5.75 Å². The van der Waals surface area contributed by atoms with Crippen molar-refractivity contribution >= 4 is 31.7 Å². The van der Waals surface area contributed by atoms with E-state index in [0.717, 1.165) is 17.6 Å². The summed E-state index contributed by atoms with van der Waals surface area (Å²) in [4.78, 5) is 14.0. The summed E-state index contributed by atoms with van der Waals surface area (Å²) in [5.74, 6) is -1.07. The number of halogens is 1. The molecule has 0 unspecified atom stereocenters. The van der Waals surface area contributed by atoms with Crippen molar-refractivity contribution in [3.63, 3.8) is 0 Å². The van der Waals surface area contributed by atoms with Gasteiger partial charge < -0.3 is 10.1 Å². The van der Waals surface area contributed by atoms with Crippen molar-refractivity contribution in [3.05, 3.63) is 34.3 Å². The van der Waals surface area contributed by atoms with Gasteiger partial charge in [-0.05, 0) is 17.7 Å². The van der Waals surface area contributed by atoms with Gasteiger partial charge in [-0.2, -0.15) is 0 Å². The molecule has 2 rings (SSSR count). The second kappa shape index (κ2) is 8.77. The molecule has 8 heteroatoms. The summed E-state index contributed by atoms with van der Waals surface area (Å²) >= 11 is 3.30. The van der Waals surface area contributed by atoms with Gasteiger partial charge in [0.25, 0.3) is 0 Å². The van der Waals surface area contributed by atoms with Crippen LogP contribution in [0.15, 0.2) is 28.7 Å². The number of hydrogen-bond donors (Lipinski definition) is 1. The minimum Gasteiger partial charge on any atom is -0.379 e. The topological polar surface area (TPSA) is 75.7 Å². The fraction of sp³-hybridized carbons (Fsp3) is 0.533. The smallest absolute Gasteiger partial charge is 0.235 e. The normalized spacial score (nSPS) is 16.2. The molecule has 1 amide bonds. The van der Waals surface area contributed by atoms with Gasteiger partial charge in [-0.1, -0.05) is 28.1 Å². The molecular weight excluding hydrogens is 384 g/mol. The highest BCUT2D eigenvalue weighted by Crippen LogP contribution is 2.14. The highest BCUT2D eigenvalue weighted by atomic mass is 79.9. The van der Waals surface area contributed by atoms with Crippen LogP contribution in [0.4, 0.5) is 0 Å². The average Bonchev–Trinajstić information content (AvgIpc) is 2.47. The van der Waals surface area contributed by atoms with Crippen molar-refractivity contribution in [2.45, 2.75) is 5.75 Å². The molecule has 23 heavy (non-hydrogen) atoms. The number of rotatable bonds is 7. The number of carbonyl (C=O) groups excluding carboxylic acids is 1. The van der Waals surface area contributed by atoms with Crippen LogP contribution < -0.4 is 5.32 Å². The standard InChI is InChI=1S/C15H21BrN2O4S/c16-14-3-1-2-13(10-14)11-23(20,21)12-15(19)17-4-5-18-6-8-22-9-7-18/h1-3,10H,4-9,11-12H2,(H,17,19). The summed E-state index contributed by atoms with van der Waals surface area (Å²) in [7, 11) is -3.47. The van der Waals surface area contributed by atoms with Crippen LogP contribution in [0.25, 0.3) is 0 Å². The van der Waals surface area contributed by atoms with Crippen molar-refractivity contribution in [1.29, 1.82) is 0 Å². The summed E-state index contributed by atoms with van der Waals surface area (Å²) in [5, 5.41) is 2.67. The molecule has 0 aromatic heterocycles. The highest BCUT2D eigenvalue weighted by Gasteiger charge is 2.18. The van der Waals surface area contributed by atoms with Gasteiger partial charge in [-0.3, -0.25) is 9.69 Å². The first-order valence-corrected chi connectivity index (χ1v) is 10.1. The number of ether oxygens (including phenoxy) is 1. The van der Waals surface area contributed by atoms with Gasteiger partial charge in [0.05, 0.1) is 19.0 Å². The van der Waals surface area contributed by atoms with Gasteiger partial charge in [0.15, 0.2) is 9.84 Å². The second-order valence-corrected chi connectivity index (χ2v) is 8.45. The van der Waals surface area contributed by atoms with Crippen molar-refractivity contribution in [2.75, 3.05) is 45.1 Å². The number of morpholine rings is 1. The Morgan fingerprint density at radius 1 is 1.30 bits per heavy atom. The van der Waals surface area contributed by atoms with Crippen LogP contribution in [0.1, 0.15) is 5.56 Å². The lowest BCUT2D eigenvalue weighted by Crippen LogP contribution is -2.42. The van der Waals surface area contributed by atoms with Gasteiger partial charge in [-0.15, -0.1) is 0 Å². The number of hydrogen-bond acceptors (Lipinski definition) is 5. The highest BCUT2D eigenvalue weighted by molar-refractivity contribution is 9.10. The van der Waals surface area contributed by atoms with Crippen LogP contribution in [0.2, 0.25) is 0 Å². The molecule has 1 aromatic carbocycles. The minimum atomic E-state index is -3.47. The number of nitrogens with zero attached hydrogens (tertiary/aromatic N) is 1. The van der Waals surface area contributed by atoms with E-state index in [1.54, 1.807) is 18.2 Å². The third-order valence-electron chi connectivity index (χ3n) is 3.48. The number of sulfone groups is 1. The molecular formula is C15H21BrN2O4S. The van der Waals surface area contributed by atoms with Gasteiger partial charge in [0.2, 0.25) is 5.91 Å². The molecule has 0 aliphatic carbocycles. The lowest BCUT2D eigenvalue weighted by Gasteiger charge is -2.26. The second-order valence-electron chi connectivity index (χ2n) is 5.47. The van der Waals surface area contributed by atoms with Crippen LogP contribution >= 0.6 is 15.9 Å². The predicted octanol–water partition coefficient (Wildman–Crippen LogP) is 0.812. The summed E-state index contributed by atoms with van der Waals surface area (Å²) in [5.41, 5.74) is 0.667. The van der Waals surface area contributed by atoms with E-state index >= 15 is 0 Å². The van der Waals surface area contributed by atoms with Crippen molar-refractivity contribution in [2.24, 2.45) is 0 Å². The van der Waals surface area contributed by atoms with E-state index in [1.165, 1.54) is 0 Å². The Morgan fingerprint density at radius 2 is 2.04 bits per heavy atom. The first-order chi connectivity index (χ1) is 10.9. The van der Waals surface area contributed by atoms with Gasteiger partial charge >= 0.3 is 0 Å². The summed E-state index contributed by atoms with van der Waals surface area (Å²) in [6, 6.07) is 7.08. The summed E-state index contributed by atoms with van der Waals surface area (Å²) < 4.78 is 30.2. The van der Waals surface area contributed by atoms with Crippen LogP contribution in [-0.4, -0.2) is 64.4 Å². The minimum absolute atomic E-state index is 0.136. The quantitative estimate of drug-likeness (QED) is 0.727.